The molecule has 0 heterocycles. The largest absolute Gasteiger partial charge is 0.465 e. The number of nitrogen functional groups attached to an aromatic ring is 1. The molecule has 0 spiro atoms. The van der Waals surface area contributed by atoms with Crippen molar-refractivity contribution in [1.82, 2.24) is 0 Å². The van der Waals surface area contributed by atoms with Crippen LogP contribution in [0, 0.1) is 0 Å². The number of hydrogen-bond donors (Lipinski definition) is 2. The number of carbonyl (C=O) groups is 1. The van der Waals surface area contributed by atoms with Crippen LogP contribution in [0.25, 0.3) is 0 Å². The fourth-order valence-corrected chi connectivity index (χ4v) is 1.44. The van der Waals surface area contributed by atoms with Gasteiger partial charge in [-0.1, -0.05) is 22.6 Å². The molecule has 1 aromatic rings. The van der Waals surface area contributed by atoms with Gasteiger partial charge in [-0.2, -0.15) is 0 Å². The summed E-state index contributed by atoms with van der Waals surface area (Å²) in [6.07, 6.45) is 0. The van der Waals surface area contributed by atoms with Crippen LogP contribution in [0.2, 0.25) is 0 Å². The maximum absolute atomic E-state index is 11.2. The van der Waals surface area contributed by atoms with E-state index in [4.69, 9.17) is 5.73 Å². The molecule has 0 unspecified atom stereocenters. The number of nitrogens with two attached hydrogens (primary N) is 1. The first-order chi connectivity index (χ1) is 6.69. The summed E-state index contributed by atoms with van der Waals surface area (Å²) in [5.74, 6) is -0.360. The number of methoxy groups -OCH3 is 1. The lowest BCUT2D eigenvalue weighted by molar-refractivity contribution is 0.0601. The molecule has 5 heteroatoms. The van der Waals surface area contributed by atoms with Gasteiger partial charge in [0.2, 0.25) is 0 Å². The fraction of sp³-hybridized carbons (Fsp3) is 0.222. The number of esters is 1. The quantitative estimate of drug-likeness (QED) is 0.294. The topological polar surface area (TPSA) is 64.3 Å². The van der Waals surface area contributed by atoms with Crippen molar-refractivity contribution in [2.45, 2.75) is 0 Å². The summed E-state index contributed by atoms with van der Waals surface area (Å²) in [5.41, 5.74) is 7.57. The van der Waals surface area contributed by atoms with Gasteiger partial charge < -0.3 is 15.8 Å². The van der Waals surface area contributed by atoms with E-state index in [9.17, 15) is 4.79 Å². The second-order valence-electron chi connectivity index (χ2n) is 2.60. The second-order valence-corrected chi connectivity index (χ2v) is 3.37. The van der Waals surface area contributed by atoms with E-state index in [1.165, 1.54) is 7.11 Å². The molecule has 0 atom stereocenters. The van der Waals surface area contributed by atoms with Crippen molar-refractivity contribution in [1.29, 1.82) is 0 Å². The second kappa shape index (κ2) is 5.04. The maximum Gasteiger partial charge on any atom is 0.337 e. The van der Waals surface area contributed by atoms with Gasteiger partial charge in [-0.05, 0) is 18.2 Å². The molecule has 0 aliphatic carbocycles. The van der Waals surface area contributed by atoms with Crippen LogP contribution in [0.3, 0.4) is 0 Å². The summed E-state index contributed by atoms with van der Waals surface area (Å²) < 4.78 is 5.33. The molecule has 14 heavy (non-hydrogen) atoms. The zero-order chi connectivity index (χ0) is 10.6. The average molecular weight is 306 g/mol. The summed E-state index contributed by atoms with van der Waals surface area (Å²) in [6, 6.07) is 5.00. The lowest BCUT2D eigenvalue weighted by Crippen LogP contribution is -2.04. The van der Waals surface area contributed by atoms with E-state index in [2.05, 4.69) is 32.6 Å². The van der Waals surface area contributed by atoms with Crippen LogP contribution >= 0.6 is 22.6 Å². The first-order valence-electron chi connectivity index (χ1n) is 3.96. The molecule has 0 radical (unpaired) electrons. The third kappa shape index (κ3) is 2.50. The van der Waals surface area contributed by atoms with Gasteiger partial charge in [0, 0.05) is 0 Å². The van der Waals surface area contributed by atoms with Gasteiger partial charge in [0.1, 0.15) is 0 Å². The summed E-state index contributed by atoms with van der Waals surface area (Å²) in [6.45, 7) is 0. The first-order valence-corrected chi connectivity index (χ1v) is 5.49. The van der Waals surface area contributed by atoms with Crippen LogP contribution in [-0.2, 0) is 4.74 Å². The maximum atomic E-state index is 11.2. The minimum absolute atomic E-state index is 0.360. The van der Waals surface area contributed by atoms with Crippen molar-refractivity contribution < 1.29 is 9.53 Å². The smallest absolute Gasteiger partial charge is 0.337 e. The molecule has 1 rings (SSSR count). The molecule has 0 bridgehead atoms. The Bertz CT molecular complexity index is 342. The SMILES string of the molecule is COC(=O)c1ccc(N)c(NCI)c1. The minimum Gasteiger partial charge on any atom is -0.465 e. The van der Waals surface area contributed by atoms with Crippen molar-refractivity contribution in [2.75, 3.05) is 22.7 Å². The van der Waals surface area contributed by atoms with Crippen molar-refractivity contribution in [3.63, 3.8) is 0 Å². The molecule has 4 nitrogen and oxygen atoms in total. The molecule has 0 aromatic heterocycles. The molecule has 0 saturated carbocycles. The number of rotatable bonds is 3. The number of carbonyl (C=O) groups excluding carboxylic acids is 1. The third-order valence-electron chi connectivity index (χ3n) is 1.73. The number of alkyl halides is 1. The Kier molecular flexibility index (Phi) is 3.99. The lowest BCUT2D eigenvalue weighted by Gasteiger charge is -2.07. The molecular weight excluding hydrogens is 295 g/mol. The molecule has 0 aliphatic rings. The third-order valence-corrected chi connectivity index (χ3v) is 2.11. The molecule has 0 aliphatic heterocycles. The number of anilines is 2. The van der Waals surface area contributed by atoms with Crippen molar-refractivity contribution in [3.05, 3.63) is 23.8 Å². The number of benzene rings is 1. The van der Waals surface area contributed by atoms with Crippen LogP contribution < -0.4 is 11.1 Å². The van der Waals surface area contributed by atoms with Crippen LogP contribution in [0.1, 0.15) is 10.4 Å². The monoisotopic (exact) mass is 306 g/mol. The number of nitrogens with one attached hydrogen (secondary N) is 1. The van der Waals surface area contributed by atoms with Gasteiger partial charge in [-0.3, -0.25) is 0 Å². The highest BCUT2D eigenvalue weighted by atomic mass is 127. The molecule has 0 fully saturated rings. The molecular formula is C9H11IN2O2. The molecule has 1 aromatic carbocycles. The predicted molar refractivity (Wildman–Crippen MR) is 64.7 cm³/mol. The normalized spacial score (nSPS) is 9.57. The Morgan fingerprint density at radius 2 is 2.36 bits per heavy atom. The first kappa shape index (κ1) is 11.1. The van der Waals surface area contributed by atoms with Crippen LogP contribution in [0.15, 0.2) is 18.2 Å². The van der Waals surface area contributed by atoms with Gasteiger partial charge in [0.15, 0.2) is 0 Å². The van der Waals surface area contributed by atoms with Crippen molar-refractivity contribution in [3.8, 4) is 0 Å². The minimum atomic E-state index is -0.360. The molecule has 3 N–H and O–H groups in total. The molecule has 0 amide bonds. The lowest BCUT2D eigenvalue weighted by atomic mass is 10.2. The van der Waals surface area contributed by atoms with E-state index in [-0.39, 0.29) is 5.97 Å². The Hall–Kier alpha value is -0.980. The summed E-state index contributed by atoms with van der Waals surface area (Å²) in [7, 11) is 1.35. The van der Waals surface area contributed by atoms with Crippen molar-refractivity contribution >= 4 is 39.9 Å². The van der Waals surface area contributed by atoms with Crippen molar-refractivity contribution in [2.24, 2.45) is 0 Å². The summed E-state index contributed by atoms with van der Waals surface area (Å²) in [5, 5.41) is 3.05. The Morgan fingerprint density at radius 1 is 1.64 bits per heavy atom. The van der Waals surface area contributed by atoms with E-state index < -0.39 is 0 Å². The van der Waals surface area contributed by atoms with E-state index in [1.807, 2.05) is 0 Å². The Morgan fingerprint density at radius 3 is 2.93 bits per heavy atom. The highest BCUT2D eigenvalue weighted by Gasteiger charge is 2.07. The van der Waals surface area contributed by atoms with E-state index in [1.54, 1.807) is 18.2 Å². The predicted octanol–water partition coefficient (Wildman–Crippen LogP) is 1.86. The molecule has 76 valence electrons. The number of ether oxygens (including phenoxy) is 1. The van der Waals surface area contributed by atoms with E-state index in [0.29, 0.717) is 11.3 Å². The van der Waals surface area contributed by atoms with Crippen LogP contribution in [0.5, 0.6) is 0 Å². The Labute approximate surface area is 96.0 Å². The van der Waals surface area contributed by atoms with Gasteiger partial charge in [-0.25, -0.2) is 4.79 Å². The standard InChI is InChI=1S/C9H11IN2O2/c1-14-9(13)6-2-3-7(11)8(4-6)12-5-10/h2-4,12H,5,11H2,1H3. The average Bonchev–Trinajstić information content (AvgIpc) is 2.20. The zero-order valence-corrected chi connectivity index (χ0v) is 9.87. The van der Waals surface area contributed by atoms with E-state index >= 15 is 0 Å². The van der Waals surface area contributed by atoms with Gasteiger partial charge in [-0.15, -0.1) is 0 Å². The van der Waals surface area contributed by atoms with Gasteiger partial charge >= 0.3 is 5.97 Å². The van der Waals surface area contributed by atoms with Gasteiger partial charge in [0.25, 0.3) is 0 Å². The van der Waals surface area contributed by atoms with Gasteiger partial charge in [0.05, 0.1) is 28.6 Å². The highest BCUT2D eigenvalue weighted by Crippen LogP contribution is 2.20. The zero-order valence-electron chi connectivity index (χ0n) is 7.71. The number of halogens is 1. The van der Waals surface area contributed by atoms with Crippen LogP contribution in [0.4, 0.5) is 11.4 Å². The fourth-order valence-electron chi connectivity index (χ4n) is 1.03. The van der Waals surface area contributed by atoms with Crippen LogP contribution in [-0.4, -0.2) is 17.6 Å². The van der Waals surface area contributed by atoms with E-state index in [0.717, 1.165) is 10.2 Å². The Balaban J connectivity index is 2.99. The highest BCUT2D eigenvalue weighted by molar-refractivity contribution is 14.1. The molecule has 0 saturated heterocycles. The summed E-state index contributed by atoms with van der Waals surface area (Å²) >= 11 is 2.16. The number of hydrogen-bond acceptors (Lipinski definition) is 4. The summed E-state index contributed by atoms with van der Waals surface area (Å²) in [4.78, 5) is 11.2.